The van der Waals surface area contributed by atoms with Crippen LogP contribution >= 0.6 is 0 Å². The van der Waals surface area contributed by atoms with Crippen LogP contribution in [0.1, 0.15) is 30.9 Å². The van der Waals surface area contributed by atoms with Gasteiger partial charge in [0.05, 0.1) is 0 Å². The van der Waals surface area contributed by atoms with Gasteiger partial charge in [-0.15, -0.1) is 0 Å². The number of aliphatic hydroxyl groups is 1. The van der Waals surface area contributed by atoms with Crippen molar-refractivity contribution in [2.45, 2.75) is 38.9 Å². The number of rotatable bonds is 8. The summed E-state index contributed by atoms with van der Waals surface area (Å²) < 4.78 is 13.9. The van der Waals surface area contributed by atoms with E-state index in [0.29, 0.717) is 18.5 Å². The summed E-state index contributed by atoms with van der Waals surface area (Å²) in [5.41, 5.74) is 1.36. The second-order valence-electron chi connectivity index (χ2n) is 5.76. The largest absolute Gasteiger partial charge is 0.396 e. The lowest BCUT2D eigenvalue weighted by atomic mass is 10.1. The molecule has 1 aromatic carbocycles. The van der Waals surface area contributed by atoms with Crippen molar-refractivity contribution in [3.05, 3.63) is 35.1 Å². The normalized spacial score (nSPS) is 12.3. The molecule has 0 spiro atoms. The monoisotopic (exact) mass is 311 g/mol. The fourth-order valence-corrected chi connectivity index (χ4v) is 2.10. The van der Waals surface area contributed by atoms with Crippen molar-refractivity contribution in [3.63, 3.8) is 0 Å². The summed E-state index contributed by atoms with van der Waals surface area (Å²) in [7, 11) is 3.77. The van der Waals surface area contributed by atoms with E-state index < -0.39 is 0 Å². The minimum Gasteiger partial charge on any atom is -0.396 e. The van der Waals surface area contributed by atoms with E-state index in [-0.39, 0.29) is 31.0 Å². The topological polar surface area (TPSA) is 64.6 Å². The molecule has 0 radical (unpaired) electrons. The molecule has 2 amide bonds. The molecule has 124 valence electrons. The molecule has 0 saturated carbocycles. The van der Waals surface area contributed by atoms with Crippen molar-refractivity contribution in [2.75, 3.05) is 20.7 Å². The first-order chi connectivity index (χ1) is 10.4. The van der Waals surface area contributed by atoms with Gasteiger partial charge in [-0.2, -0.15) is 0 Å². The van der Waals surface area contributed by atoms with Crippen molar-refractivity contribution >= 4 is 6.03 Å². The summed E-state index contributed by atoms with van der Waals surface area (Å²) in [5.74, 6) is -0.260. The average Bonchev–Trinajstić information content (AvgIpc) is 2.45. The van der Waals surface area contributed by atoms with Gasteiger partial charge in [0.2, 0.25) is 0 Å². The number of benzene rings is 1. The lowest BCUT2D eigenvalue weighted by Gasteiger charge is -2.15. The van der Waals surface area contributed by atoms with E-state index in [1.807, 2.05) is 32.0 Å². The van der Waals surface area contributed by atoms with Gasteiger partial charge in [0.15, 0.2) is 0 Å². The molecular weight excluding hydrogens is 285 g/mol. The van der Waals surface area contributed by atoms with Gasteiger partial charge < -0.3 is 20.6 Å². The number of halogens is 1. The third kappa shape index (κ3) is 6.87. The van der Waals surface area contributed by atoms with Gasteiger partial charge in [0, 0.05) is 31.3 Å². The van der Waals surface area contributed by atoms with Crippen LogP contribution in [-0.4, -0.2) is 42.8 Å². The highest BCUT2D eigenvalue weighted by Crippen LogP contribution is 2.12. The molecule has 0 bridgehead atoms. The van der Waals surface area contributed by atoms with Crippen LogP contribution in [0.5, 0.6) is 0 Å². The fourth-order valence-electron chi connectivity index (χ4n) is 2.10. The van der Waals surface area contributed by atoms with Crippen molar-refractivity contribution < 1.29 is 14.3 Å². The predicted molar refractivity (Wildman–Crippen MR) is 84.9 cm³/mol. The molecule has 1 atom stereocenters. The Bertz CT molecular complexity index is 480. The van der Waals surface area contributed by atoms with E-state index in [4.69, 9.17) is 5.11 Å². The van der Waals surface area contributed by atoms with E-state index in [9.17, 15) is 9.18 Å². The van der Waals surface area contributed by atoms with E-state index in [2.05, 4.69) is 10.6 Å². The van der Waals surface area contributed by atoms with Crippen LogP contribution in [0.2, 0.25) is 0 Å². The van der Waals surface area contributed by atoms with Crippen molar-refractivity contribution in [2.24, 2.45) is 0 Å². The Labute approximate surface area is 131 Å². The molecule has 0 heterocycles. The molecule has 1 rings (SSSR count). The van der Waals surface area contributed by atoms with Crippen molar-refractivity contribution in [3.8, 4) is 0 Å². The highest BCUT2D eigenvalue weighted by molar-refractivity contribution is 5.74. The summed E-state index contributed by atoms with van der Waals surface area (Å²) in [6.45, 7) is 2.82. The summed E-state index contributed by atoms with van der Waals surface area (Å²) in [5, 5.41) is 14.2. The molecule has 0 fully saturated rings. The van der Waals surface area contributed by atoms with E-state index in [1.165, 1.54) is 6.07 Å². The first-order valence-electron chi connectivity index (χ1n) is 7.49. The quantitative estimate of drug-likeness (QED) is 0.686. The molecule has 0 aliphatic rings. The molecular formula is C16H26FN3O2. The minimum atomic E-state index is -0.289. The zero-order valence-corrected chi connectivity index (χ0v) is 13.5. The van der Waals surface area contributed by atoms with Crippen molar-refractivity contribution in [1.82, 2.24) is 15.5 Å². The van der Waals surface area contributed by atoms with Crippen LogP contribution in [0.15, 0.2) is 18.2 Å². The van der Waals surface area contributed by atoms with Crippen LogP contribution in [-0.2, 0) is 13.1 Å². The fraction of sp³-hybridized carbons (Fsp3) is 0.562. The van der Waals surface area contributed by atoms with Crippen LogP contribution in [0.4, 0.5) is 9.18 Å². The van der Waals surface area contributed by atoms with Crippen molar-refractivity contribution in [1.29, 1.82) is 0 Å². The number of amides is 2. The number of hydrogen-bond donors (Lipinski definition) is 3. The molecule has 3 N–H and O–H groups in total. The number of nitrogens with one attached hydrogen (secondary N) is 2. The van der Waals surface area contributed by atoms with Gasteiger partial charge in [0.1, 0.15) is 5.82 Å². The Balaban J connectivity index is 2.44. The highest BCUT2D eigenvalue weighted by Gasteiger charge is 2.08. The van der Waals surface area contributed by atoms with Gasteiger partial charge in [-0.05, 0) is 45.5 Å². The standard InChI is InChI=1S/C16H26FN3O2/c1-12(5-4-8-21)19-16(22)18-10-13-6-7-14(11-20(2)3)15(17)9-13/h6-7,9,12,21H,4-5,8,10-11H2,1-3H3,(H2,18,19,22). The van der Waals surface area contributed by atoms with Gasteiger partial charge in [0.25, 0.3) is 0 Å². The van der Waals surface area contributed by atoms with Gasteiger partial charge in [-0.3, -0.25) is 0 Å². The Kier molecular flexibility index (Phi) is 7.84. The highest BCUT2D eigenvalue weighted by atomic mass is 19.1. The number of nitrogens with zero attached hydrogens (tertiary/aromatic N) is 1. The summed E-state index contributed by atoms with van der Waals surface area (Å²) >= 11 is 0. The number of hydrogen-bond acceptors (Lipinski definition) is 3. The molecule has 5 nitrogen and oxygen atoms in total. The van der Waals surface area contributed by atoms with Crippen LogP contribution in [0, 0.1) is 5.82 Å². The average molecular weight is 311 g/mol. The lowest BCUT2D eigenvalue weighted by Crippen LogP contribution is -2.40. The zero-order valence-electron chi connectivity index (χ0n) is 13.5. The summed E-state index contributed by atoms with van der Waals surface area (Å²) in [6.07, 6.45) is 1.37. The summed E-state index contributed by atoms with van der Waals surface area (Å²) in [6, 6.07) is 4.72. The van der Waals surface area contributed by atoms with Crippen LogP contribution < -0.4 is 10.6 Å². The Hall–Kier alpha value is -1.66. The second kappa shape index (κ2) is 9.38. The molecule has 0 aromatic heterocycles. The summed E-state index contributed by atoms with van der Waals surface area (Å²) in [4.78, 5) is 13.6. The molecule has 0 saturated heterocycles. The van der Waals surface area contributed by atoms with Crippen LogP contribution in [0.3, 0.4) is 0 Å². The van der Waals surface area contributed by atoms with E-state index >= 15 is 0 Å². The van der Waals surface area contributed by atoms with E-state index in [1.54, 1.807) is 6.07 Å². The zero-order chi connectivity index (χ0) is 16.5. The van der Waals surface area contributed by atoms with Crippen LogP contribution in [0.25, 0.3) is 0 Å². The van der Waals surface area contributed by atoms with Gasteiger partial charge in [-0.25, -0.2) is 9.18 Å². The molecule has 1 aromatic rings. The Morgan fingerprint density at radius 2 is 2.14 bits per heavy atom. The van der Waals surface area contributed by atoms with E-state index in [0.717, 1.165) is 12.0 Å². The maximum Gasteiger partial charge on any atom is 0.315 e. The number of urea groups is 1. The molecule has 1 unspecified atom stereocenters. The molecule has 22 heavy (non-hydrogen) atoms. The first kappa shape index (κ1) is 18.4. The smallest absolute Gasteiger partial charge is 0.315 e. The lowest BCUT2D eigenvalue weighted by molar-refractivity contribution is 0.234. The first-order valence-corrected chi connectivity index (χ1v) is 7.49. The molecule has 6 heteroatoms. The number of carbonyl (C=O) groups is 1. The minimum absolute atomic E-state index is 0.00801. The SMILES string of the molecule is CC(CCCO)NC(=O)NCc1ccc(CN(C)C)c(F)c1. The number of carbonyl (C=O) groups excluding carboxylic acids is 1. The van der Waals surface area contributed by atoms with Gasteiger partial charge in [-0.1, -0.05) is 12.1 Å². The molecule has 0 aliphatic heterocycles. The molecule has 0 aliphatic carbocycles. The maximum absolute atomic E-state index is 13.9. The second-order valence-corrected chi connectivity index (χ2v) is 5.76. The predicted octanol–water partition coefficient (Wildman–Crippen LogP) is 1.85. The van der Waals surface area contributed by atoms with Gasteiger partial charge >= 0.3 is 6.03 Å². The Morgan fingerprint density at radius 3 is 2.73 bits per heavy atom. The number of aliphatic hydroxyl groups excluding tert-OH is 1. The third-order valence-corrected chi connectivity index (χ3v) is 3.23. The maximum atomic E-state index is 13.9. The Morgan fingerprint density at radius 1 is 1.41 bits per heavy atom. The third-order valence-electron chi connectivity index (χ3n) is 3.23.